The van der Waals surface area contributed by atoms with Gasteiger partial charge in [-0.3, -0.25) is 9.59 Å². The molecule has 7 heteroatoms. The van der Waals surface area contributed by atoms with Gasteiger partial charge in [-0.15, -0.1) is 11.8 Å². The summed E-state index contributed by atoms with van der Waals surface area (Å²) in [7, 11) is 3.12. The summed E-state index contributed by atoms with van der Waals surface area (Å²) in [5, 5.41) is 5.38. The lowest BCUT2D eigenvalue weighted by Gasteiger charge is -2.14. The zero-order valence-corrected chi connectivity index (χ0v) is 19.5. The molecule has 3 aromatic carbocycles. The molecule has 0 heterocycles. The molecule has 3 rings (SSSR count). The predicted octanol–water partition coefficient (Wildman–Crippen LogP) is 5.48. The van der Waals surface area contributed by atoms with Crippen LogP contribution in [-0.4, -0.2) is 31.3 Å². The quantitative estimate of drug-likeness (QED) is 0.326. The Bertz CT molecular complexity index is 1110. The second kappa shape index (κ2) is 11.8. The van der Waals surface area contributed by atoms with E-state index in [1.165, 1.54) is 17.8 Å². The highest BCUT2D eigenvalue weighted by atomic mass is 32.2. The fourth-order valence-electron chi connectivity index (χ4n) is 2.95. The van der Waals surface area contributed by atoms with Crippen molar-refractivity contribution in [2.24, 2.45) is 0 Å². The highest BCUT2D eigenvalue weighted by molar-refractivity contribution is 8.00. The van der Waals surface area contributed by atoms with Gasteiger partial charge in [-0.2, -0.15) is 0 Å². The number of carbonyl (C=O) groups is 2. The Hall–Kier alpha value is -3.71. The molecule has 0 aromatic heterocycles. The van der Waals surface area contributed by atoms with Crippen LogP contribution in [-0.2, 0) is 9.59 Å². The third-order valence-corrected chi connectivity index (χ3v) is 5.72. The fraction of sp³-hybridized carbons (Fsp3) is 0.154. The van der Waals surface area contributed by atoms with Crippen LogP contribution in [0.3, 0.4) is 0 Å². The van der Waals surface area contributed by atoms with Crippen LogP contribution in [0, 0.1) is 0 Å². The molecule has 170 valence electrons. The van der Waals surface area contributed by atoms with E-state index < -0.39 is 0 Å². The summed E-state index contributed by atoms with van der Waals surface area (Å²) in [5.74, 6) is 0.804. The van der Waals surface area contributed by atoms with Crippen LogP contribution in [0.1, 0.15) is 12.5 Å². The lowest BCUT2D eigenvalue weighted by atomic mass is 10.2. The number of rotatable bonds is 9. The zero-order valence-electron chi connectivity index (χ0n) is 18.7. The third-order valence-electron chi connectivity index (χ3n) is 4.63. The minimum absolute atomic E-state index is 0.157. The van der Waals surface area contributed by atoms with Gasteiger partial charge in [0, 0.05) is 40.5 Å². The summed E-state index contributed by atoms with van der Waals surface area (Å²) in [6.07, 6.45) is 3.25. The third kappa shape index (κ3) is 7.43. The first-order chi connectivity index (χ1) is 16.0. The lowest BCUT2D eigenvalue weighted by molar-refractivity contribution is -0.115. The van der Waals surface area contributed by atoms with E-state index in [-0.39, 0.29) is 17.1 Å². The number of anilines is 2. The molecule has 0 aliphatic rings. The molecule has 1 atom stereocenters. The first-order valence-corrected chi connectivity index (χ1v) is 11.2. The minimum Gasteiger partial charge on any atom is -0.497 e. The van der Waals surface area contributed by atoms with Crippen LogP contribution < -0.4 is 20.1 Å². The van der Waals surface area contributed by atoms with Gasteiger partial charge >= 0.3 is 0 Å². The van der Waals surface area contributed by atoms with Gasteiger partial charge in [-0.1, -0.05) is 36.4 Å². The van der Waals surface area contributed by atoms with Crippen LogP contribution in [0.2, 0.25) is 0 Å². The number of benzene rings is 3. The second-order valence-corrected chi connectivity index (χ2v) is 8.53. The first kappa shape index (κ1) is 23.9. The van der Waals surface area contributed by atoms with Crippen molar-refractivity contribution in [2.75, 3.05) is 24.9 Å². The van der Waals surface area contributed by atoms with Crippen LogP contribution in [0.5, 0.6) is 11.5 Å². The first-order valence-electron chi connectivity index (χ1n) is 10.3. The van der Waals surface area contributed by atoms with Crippen molar-refractivity contribution in [3.8, 4) is 11.5 Å². The van der Waals surface area contributed by atoms with Gasteiger partial charge in [0.25, 0.3) is 0 Å². The molecule has 6 nitrogen and oxygen atoms in total. The maximum Gasteiger partial charge on any atom is 0.248 e. The van der Waals surface area contributed by atoms with Crippen molar-refractivity contribution in [3.05, 3.63) is 84.4 Å². The molecule has 0 radical (unpaired) electrons. The van der Waals surface area contributed by atoms with Crippen LogP contribution in [0.15, 0.2) is 83.8 Å². The van der Waals surface area contributed by atoms with E-state index in [1.54, 1.807) is 38.5 Å². The van der Waals surface area contributed by atoms with Gasteiger partial charge in [-0.25, -0.2) is 0 Å². The molecule has 0 fully saturated rings. The molecule has 2 amide bonds. The molecule has 0 saturated heterocycles. The van der Waals surface area contributed by atoms with Gasteiger partial charge in [0.2, 0.25) is 11.8 Å². The van der Waals surface area contributed by atoms with Crippen molar-refractivity contribution < 1.29 is 19.1 Å². The van der Waals surface area contributed by atoms with Crippen molar-refractivity contribution >= 4 is 41.0 Å². The Balaban J connectivity index is 1.59. The standard InChI is InChI=1S/C26H26N2O4S/c1-18(26(30)28-21-14-22(31-2)17-23(15-21)32-3)33-24-11-7-10-20(16-24)27-25(29)13-12-19-8-5-4-6-9-19/h4-18H,1-3H3,(H,27,29)(H,28,30)/b13-12+. The largest absolute Gasteiger partial charge is 0.497 e. The lowest BCUT2D eigenvalue weighted by Crippen LogP contribution is -2.22. The Labute approximate surface area is 198 Å². The highest BCUT2D eigenvalue weighted by Gasteiger charge is 2.16. The monoisotopic (exact) mass is 462 g/mol. The smallest absolute Gasteiger partial charge is 0.248 e. The summed E-state index contributed by atoms with van der Waals surface area (Å²) in [5.41, 5.74) is 2.20. The Kier molecular flexibility index (Phi) is 8.55. The molecular formula is C26H26N2O4S. The van der Waals surface area contributed by atoms with Gasteiger partial charge in [0.1, 0.15) is 11.5 Å². The number of nitrogens with one attached hydrogen (secondary N) is 2. The van der Waals surface area contributed by atoms with Gasteiger partial charge in [0.15, 0.2) is 0 Å². The molecule has 1 unspecified atom stereocenters. The predicted molar refractivity (Wildman–Crippen MR) is 134 cm³/mol. The zero-order chi connectivity index (χ0) is 23.6. The van der Waals surface area contributed by atoms with E-state index in [4.69, 9.17) is 9.47 Å². The number of ether oxygens (including phenoxy) is 2. The van der Waals surface area contributed by atoms with Crippen molar-refractivity contribution in [3.63, 3.8) is 0 Å². The van der Waals surface area contributed by atoms with E-state index in [1.807, 2.05) is 61.5 Å². The number of carbonyl (C=O) groups excluding carboxylic acids is 2. The number of amides is 2. The maximum absolute atomic E-state index is 12.7. The second-order valence-electron chi connectivity index (χ2n) is 7.11. The molecule has 0 spiro atoms. The fourth-order valence-corrected chi connectivity index (χ4v) is 3.87. The summed E-state index contributed by atoms with van der Waals surface area (Å²) >= 11 is 1.40. The molecule has 0 saturated carbocycles. The molecule has 3 aromatic rings. The van der Waals surface area contributed by atoms with E-state index in [2.05, 4.69) is 10.6 Å². The summed E-state index contributed by atoms with van der Waals surface area (Å²) in [4.78, 5) is 25.8. The molecule has 0 aliphatic heterocycles. The number of thioether (sulfide) groups is 1. The molecule has 33 heavy (non-hydrogen) atoms. The van der Waals surface area contributed by atoms with Gasteiger partial charge in [-0.05, 0) is 36.8 Å². The van der Waals surface area contributed by atoms with Crippen LogP contribution >= 0.6 is 11.8 Å². The number of hydrogen-bond acceptors (Lipinski definition) is 5. The number of methoxy groups -OCH3 is 2. The topological polar surface area (TPSA) is 76.7 Å². The molecule has 0 bridgehead atoms. The normalized spacial score (nSPS) is 11.6. The summed E-state index contributed by atoms with van der Waals surface area (Å²) in [6, 6.07) is 22.2. The average Bonchev–Trinajstić information content (AvgIpc) is 2.83. The molecular weight excluding hydrogens is 436 g/mol. The Morgan fingerprint density at radius 3 is 2.21 bits per heavy atom. The highest BCUT2D eigenvalue weighted by Crippen LogP contribution is 2.29. The van der Waals surface area contributed by atoms with Gasteiger partial charge in [0.05, 0.1) is 19.5 Å². The van der Waals surface area contributed by atoms with E-state index in [0.29, 0.717) is 22.9 Å². The van der Waals surface area contributed by atoms with Crippen LogP contribution in [0.4, 0.5) is 11.4 Å². The molecule has 0 aliphatic carbocycles. The van der Waals surface area contributed by atoms with Crippen molar-refractivity contribution in [1.29, 1.82) is 0 Å². The minimum atomic E-state index is -0.369. The van der Waals surface area contributed by atoms with E-state index >= 15 is 0 Å². The Morgan fingerprint density at radius 2 is 1.55 bits per heavy atom. The average molecular weight is 463 g/mol. The summed E-state index contributed by atoms with van der Waals surface area (Å²) < 4.78 is 10.5. The van der Waals surface area contributed by atoms with Crippen molar-refractivity contribution in [1.82, 2.24) is 0 Å². The van der Waals surface area contributed by atoms with E-state index in [0.717, 1.165) is 10.5 Å². The number of hydrogen-bond donors (Lipinski definition) is 2. The Morgan fingerprint density at radius 1 is 0.848 bits per heavy atom. The maximum atomic E-state index is 12.7. The van der Waals surface area contributed by atoms with Crippen molar-refractivity contribution in [2.45, 2.75) is 17.1 Å². The molecule has 2 N–H and O–H groups in total. The SMILES string of the molecule is COc1cc(NC(=O)C(C)Sc2cccc(NC(=O)/C=C/c3ccccc3)c2)cc(OC)c1. The van der Waals surface area contributed by atoms with E-state index in [9.17, 15) is 9.59 Å². The summed E-state index contributed by atoms with van der Waals surface area (Å²) in [6.45, 7) is 1.82. The van der Waals surface area contributed by atoms with Gasteiger partial charge < -0.3 is 20.1 Å². The van der Waals surface area contributed by atoms with Crippen LogP contribution in [0.25, 0.3) is 6.08 Å².